The molecule has 1 aromatic heterocycles. The number of hydrogen-bond donors (Lipinski definition) is 2. The minimum atomic E-state index is -0.0734. The molecule has 3 rings (SSSR count). The number of hydrogen-bond acceptors (Lipinski definition) is 3. The predicted octanol–water partition coefficient (Wildman–Crippen LogP) is 3.24. The topological polar surface area (TPSA) is 72.9 Å². The molecule has 1 heterocycles. The number of nitrogens with two attached hydrogens (primary N) is 1. The van der Waals surface area contributed by atoms with Gasteiger partial charge >= 0.3 is 0 Å². The van der Waals surface area contributed by atoms with Gasteiger partial charge in [-0.3, -0.25) is 4.79 Å². The molecule has 1 aliphatic carbocycles. The van der Waals surface area contributed by atoms with Crippen molar-refractivity contribution in [2.75, 3.05) is 6.54 Å². The first-order valence-electron chi connectivity index (χ1n) is 8.81. The van der Waals surface area contributed by atoms with Crippen LogP contribution in [0, 0.1) is 12.8 Å². The highest BCUT2D eigenvalue weighted by molar-refractivity contribution is 5.95. The van der Waals surface area contributed by atoms with E-state index in [1.165, 1.54) is 19.3 Å². The van der Waals surface area contributed by atoms with Gasteiger partial charge < -0.3 is 11.1 Å². The number of halogens is 1. The van der Waals surface area contributed by atoms with Gasteiger partial charge in [0, 0.05) is 12.6 Å². The zero-order valence-electron chi connectivity index (χ0n) is 14.6. The molecule has 0 spiro atoms. The highest BCUT2D eigenvalue weighted by Crippen LogP contribution is 2.26. The van der Waals surface area contributed by atoms with Crippen LogP contribution < -0.4 is 11.1 Å². The molecule has 3 N–H and O–H groups in total. The smallest absolute Gasteiger partial charge is 0.255 e. The lowest BCUT2D eigenvalue weighted by atomic mass is 9.84. The van der Waals surface area contributed by atoms with Crippen molar-refractivity contribution in [1.29, 1.82) is 0 Å². The maximum Gasteiger partial charge on any atom is 0.255 e. The molecular formula is C19H27ClN4O. The zero-order chi connectivity index (χ0) is 16.9. The molecule has 1 aliphatic rings. The largest absolute Gasteiger partial charge is 0.348 e. The van der Waals surface area contributed by atoms with Gasteiger partial charge in [-0.25, -0.2) is 4.68 Å². The highest BCUT2D eigenvalue weighted by Gasteiger charge is 2.25. The molecule has 1 fully saturated rings. The SMILES string of the molecule is Cc1c(C(=O)NC(CN)C2CCCCC2)cnn1-c1ccccc1.Cl. The van der Waals surface area contributed by atoms with Crippen molar-refractivity contribution in [3.63, 3.8) is 0 Å². The van der Waals surface area contributed by atoms with Crippen LogP contribution in [0.3, 0.4) is 0 Å². The summed E-state index contributed by atoms with van der Waals surface area (Å²) in [4.78, 5) is 12.7. The summed E-state index contributed by atoms with van der Waals surface area (Å²) in [5.41, 5.74) is 8.35. The molecule has 1 unspecified atom stereocenters. The van der Waals surface area contributed by atoms with Gasteiger partial charge in [0.2, 0.25) is 0 Å². The number of nitrogens with one attached hydrogen (secondary N) is 1. The molecule has 6 heteroatoms. The molecule has 1 saturated carbocycles. The van der Waals surface area contributed by atoms with Crippen molar-refractivity contribution in [3.8, 4) is 5.69 Å². The average molecular weight is 363 g/mol. The van der Waals surface area contributed by atoms with Gasteiger partial charge in [0.15, 0.2) is 0 Å². The zero-order valence-corrected chi connectivity index (χ0v) is 15.5. The van der Waals surface area contributed by atoms with E-state index in [1.54, 1.807) is 10.9 Å². The van der Waals surface area contributed by atoms with Gasteiger partial charge in [-0.05, 0) is 37.8 Å². The third-order valence-corrected chi connectivity index (χ3v) is 5.04. The molecule has 1 amide bonds. The van der Waals surface area contributed by atoms with Gasteiger partial charge in [0.05, 0.1) is 23.1 Å². The van der Waals surface area contributed by atoms with Crippen molar-refractivity contribution >= 4 is 18.3 Å². The summed E-state index contributed by atoms with van der Waals surface area (Å²) >= 11 is 0. The third-order valence-electron chi connectivity index (χ3n) is 5.04. The fourth-order valence-corrected chi connectivity index (χ4v) is 3.61. The van der Waals surface area contributed by atoms with E-state index < -0.39 is 0 Å². The monoisotopic (exact) mass is 362 g/mol. The Balaban J connectivity index is 0.00000225. The first kappa shape index (κ1) is 19.5. The highest BCUT2D eigenvalue weighted by atomic mass is 35.5. The Labute approximate surface area is 155 Å². The van der Waals surface area contributed by atoms with Crippen LogP contribution in [0.1, 0.15) is 48.2 Å². The van der Waals surface area contributed by atoms with Crippen LogP contribution in [0.5, 0.6) is 0 Å². The Morgan fingerprint density at radius 3 is 2.60 bits per heavy atom. The van der Waals surface area contributed by atoms with Crippen LogP contribution in [0.25, 0.3) is 5.69 Å². The van der Waals surface area contributed by atoms with E-state index in [0.717, 1.165) is 24.2 Å². The van der Waals surface area contributed by atoms with E-state index in [9.17, 15) is 4.79 Å². The number of carbonyl (C=O) groups is 1. The summed E-state index contributed by atoms with van der Waals surface area (Å²) in [6.07, 6.45) is 7.73. The molecule has 1 atom stereocenters. The number of para-hydroxylation sites is 1. The molecular weight excluding hydrogens is 336 g/mol. The van der Waals surface area contributed by atoms with Crippen molar-refractivity contribution in [1.82, 2.24) is 15.1 Å². The summed E-state index contributed by atoms with van der Waals surface area (Å²) in [6, 6.07) is 9.90. The summed E-state index contributed by atoms with van der Waals surface area (Å²) in [7, 11) is 0. The standard InChI is InChI=1S/C19H26N4O.ClH/c1-14-17(13-21-23(14)16-10-6-3-7-11-16)19(24)22-18(12-20)15-8-4-2-5-9-15;/h3,6-7,10-11,13,15,18H,2,4-5,8-9,12,20H2,1H3,(H,22,24);1H. The van der Waals surface area contributed by atoms with Gasteiger partial charge in [0.25, 0.3) is 5.91 Å². The van der Waals surface area contributed by atoms with Crippen LogP contribution in [0.15, 0.2) is 36.5 Å². The Kier molecular flexibility index (Phi) is 7.02. The van der Waals surface area contributed by atoms with Gasteiger partial charge in [0.1, 0.15) is 0 Å². The maximum atomic E-state index is 12.7. The average Bonchev–Trinajstić information content (AvgIpc) is 3.02. The molecule has 2 aromatic rings. The molecule has 0 saturated heterocycles. The van der Waals surface area contributed by atoms with Crippen LogP contribution in [-0.4, -0.2) is 28.3 Å². The van der Waals surface area contributed by atoms with Crippen LogP contribution >= 0.6 is 12.4 Å². The number of carbonyl (C=O) groups excluding carboxylic acids is 1. The van der Waals surface area contributed by atoms with E-state index >= 15 is 0 Å². The Morgan fingerprint density at radius 1 is 1.28 bits per heavy atom. The summed E-state index contributed by atoms with van der Waals surface area (Å²) < 4.78 is 1.80. The van der Waals surface area contributed by atoms with Gasteiger partial charge in [-0.15, -0.1) is 12.4 Å². The molecule has 0 aliphatic heterocycles. The number of benzene rings is 1. The summed E-state index contributed by atoms with van der Waals surface area (Å²) in [5, 5.41) is 7.52. The van der Waals surface area contributed by atoms with E-state index in [1.807, 2.05) is 37.3 Å². The minimum absolute atomic E-state index is 0. The molecule has 25 heavy (non-hydrogen) atoms. The summed E-state index contributed by atoms with van der Waals surface area (Å²) in [5.74, 6) is 0.424. The van der Waals surface area contributed by atoms with Gasteiger partial charge in [-0.2, -0.15) is 5.10 Å². The third kappa shape index (κ3) is 4.41. The fourth-order valence-electron chi connectivity index (χ4n) is 3.61. The Morgan fingerprint density at radius 2 is 1.96 bits per heavy atom. The van der Waals surface area contributed by atoms with E-state index in [-0.39, 0.29) is 24.4 Å². The normalized spacial score (nSPS) is 16.1. The number of aromatic nitrogens is 2. The Bertz CT molecular complexity index is 680. The number of nitrogens with zero attached hydrogens (tertiary/aromatic N) is 2. The lowest BCUT2D eigenvalue weighted by Crippen LogP contribution is -2.46. The van der Waals surface area contributed by atoms with E-state index in [0.29, 0.717) is 18.0 Å². The molecule has 5 nitrogen and oxygen atoms in total. The Hall–Kier alpha value is -1.85. The van der Waals surface area contributed by atoms with E-state index in [2.05, 4.69) is 10.4 Å². The number of amides is 1. The quantitative estimate of drug-likeness (QED) is 0.857. The lowest BCUT2D eigenvalue weighted by Gasteiger charge is -2.30. The molecule has 0 bridgehead atoms. The van der Waals surface area contributed by atoms with E-state index in [4.69, 9.17) is 5.73 Å². The van der Waals surface area contributed by atoms with Crippen LogP contribution in [0.4, 0.5) is 0 Å². The first-order valence-corrected chi connectivity index (χ1v) is 8.81. The number of rotatable bonds is 5. The predicted molar refractivity (Wildman–Crippen MR) is 102 cm³/mol. The molecule has 0 radical (unpaired) electrons. The molecule has 136 valence electrons. The maximum absolute atomic E-state index is 12.7. The minimum Gasteiger partial charge on any atom is -0.348 e. The van der Waals surface area contributed by atoms with Gasteiger partial charge in [-0.1, -0.05) is 37.5 Å². The second-order valence-electron chi connectivity index (χ2n) is 6.60. The second-order valence-corrected chi connectivity index (χ2v) is 6.60. The second kappa shape index (κ2) is 9.02. The fraction of sp³-hybridized carbons (Fsp3) is 0.474. The van der Waals surface area contributed by atoms with Crippen LogP contribution in [0.2, 0.25) is 0 Å². The van der Waals surface area contributed by atoms with Crippen molar-refractivity contribution in [2.45, 2.75) is 45.1 Å². The van der Waals surface area contributed by atoms with Crippen molar-refractivity contribution in [3.05, 3.63) is 47.8 Å². The molecule has 1 aromatic carbocycles. The first-order chi connectivity index (χ1) is 11.7. The summed E-state index contributed by atoms with van der Waals surface area (Å²) in [6.45, 7) is 2.41. The van der Waals surface area contributed by atoms with Crippen LogP contribution in [-0.2, 0) is 0 Å². The lowest BCUT2D eigenvalue weighted by molar-refractivity contribution is 0.0915. The van der Waals surface area contributed by atoms with Crippen molar-refractivity contribution < 1.29 is 4.79 Å². The van der Waals surface area contributed by atoms with Crippen molar-refractivity contribution in [2.24, 2.45) is 11.7 Å².